The fourth-order valence-electron chi connectivity index (χ4n) is 2.18. The Balaban J connectivity index is 1.91. The van der Waals surface area contributed by atoms with Gasteiger partial charge >= 0.3 is 6.18 Å². The van der Waals surface area contributed by atoms with Crippen LogP contribution in [0.25, 0.3) is 5.57 Å². The molecule has 142 valence electrons. The Kier molecular flexibility index (Phi) is 7.18. The maximum absolute atomic E-state index is 13.2. The maximum atomic E-state index is 13.2. The van der Waals surface area contributed by atoms with Crippen LogP contribution in [-0.4, -0.2) is 24.5 Å². The molecular formula is C19H16BrF3N2O2. The number of benzene rings is 2. The summed E-state index contributed by atoms with van der Waals surface area (Å²) < 4.78 is 40.4. The highest BCUT2D eigenvalue weighted by Crippen LogP contribution is 2.33. The van der Waals surface area contributed by atoms with E-state index < -0.39 is 17.7 Å². The first-order valence-corrected chi connectivity index (χ1v) is 8.72. The van der Waals surface area contributed by atoms with Crippen molar-refractivity contribution in [1.29, 1.82) is 0 Å². The van der Waals surface area contributed by atoms with Crippen LogP contribution in [-0.2, 0) is 9.59 Å². The standard InChI is InChI=1S/C19H16BrF3N2O2/c20-14-6-8-15(9-7-14)25-17(26)10-11-24-18(27)12-16(19(21,22)23)13-4-2-1-3-5-13/h1-9,12H,10-11H2,(H,24,27)(H,25,26)/b16-12+. The number of alkyl halides is 3. The molecule has 4 nitrogen and oxygen atoms in total. The summed E-state index contributed by atoms with van der Waals surface area (Å²) in [5.74, 6) is -1.27. The summed E-state index contributed by atoms with van der Waals surface area (Å²) in [6, 6.07) is 13.9. The second-order valence-corrected chi connectivity index (χ2v) is 6.43. The molecule has 0 spiro atoms. The Hall–Kier alpha value is -2.61. The van der Waals surface area contributed by atoms with Gasteiger partial charge in [0, 0.05) is 29.2 Å². The predicted molar refractivity (Wildman–Crippen MR) is 101 cm³/mol. The molecule has 0 radical (unpaired) electrons. The largest absolute Gasteiger partial charge is 0.417 e. The number of rotatable bonds is 6. The van der Waals surface area contributed by atoms with Crippen LogP contribution in [0.15, 0.2) is 65.1 Å². The lowest BCUT2D eigenvalue weighted by atomic mass is 10.1. The molecule has 2 aromatic rings. The van der Waals surface area contributed by atoms with Crippen molar-refractivity contribution in [3.63, 3.8) is 0 Å². The summed E-state index contributed by atoms with van der Waals surface area (Å²) in [4.78, 5) is 23.6. The van der Waals surface area contributed by atoms with Crippen molar-refractivity contribution in [2.24, 2.45) is 0 Å². The van der Waals surface area contributed by atoms with E-state index in [4.69, 9.17) is 0 Å². The predicted octanol–water partition coefficient (Wildman–Crippen LogP) is 4.54. The molecule has 0 aliphatic rings. The number of carbonyl (C=O) groups excluding carboxylic acids is 2. The minimum absolute atomic E-state index is 0.0671. The number of carbonyl (C=O) groups is 2. The highest BCUT2D eigenvalue weighted by Gasteiger charge is 2.35. The van der Waals surface area contributed by atoms with Crippen LogP contribution in [0.3, 0.4) is 0 Å². The lowest BCUT2D eigenvalue weighted by Crippen LogP contribution is -2.27. The second kappa shape index (κ2) is 9.36. The molecule has 0 aliphatic heterocycles. The van der Waals surface area contributed by atoms with Gasteiger partial charge in [0.1, 0.15) is 0 Å². The van der Waals surface area contributed by atoms with E-state index in [1.807, 2.05) is 0 Å². The zero-order valence-corrected chi connectivity index (χ0v) is 15.6. The van der Waals surface area contributed by atoms with Crippen LogP contribution in [0.1, 0.15) is 12.0 Å². The summed E-state index contributed by atoms with van der Waals surface area (Å²) >= 11 is 3.27. The molecule has 27 heavy (non-hydrogen) atoms. The van der Waals surface area contributed by atoms with Crippen molar-refractivity contribution in [3.8, 4) is 0 Å². The number of nitrogens with one attached hydrogen (secondary N) is 2. The van der Waals surface area contributed by atoms with Crippen LogP contribution in [0.4, 0.5) is 18.9 Å². The van der Waals surface area contributed by atoms with E-state index >= 15 is 0 Å². The van der Waals surface area contributed by atoms with Crippen molar-refractivity contribution in [2.75, 3.05) is 11.9 Å². The Morgan fingerprint density at radius 2 is 1.63 bits per heavy atom. The zero-order chi connectivity index (χ0) is 19.9. The molecule has 0 fully saturated rings. The number of anilines is 1. The first kappa shape index (κ1) is 20.7. The first-order valence-electron chi connectivity index (χ1n) is 7.93. The molecule has 0 bridgehead atoms. The molecule has 0 saturated carbocycles. The van der Waals surface area contributed by atoms with Crippen molar-refractivity contribution in [3.05, 3.63) is 70.7 Å². The summed E-state index contributed by atoms with van der Waals surface area (Å²) in [5, 5.41) is 4.92. The third-order valence-corrected chi connectivity index (χ3v) is 3.97. The first-order chi connectivity index (χ1) is 12.8. The van der Waals surface area contributed by atoms with Gasteiger partial charge in [0.25, 0.3) is 0 Å². The van der Waals surface area contributed by atoms with Gasteiger partial charge < -0.3 is 10.6 Å². The van der Waals surface area contributed by atoms with Gasteiger partial charge in [-0.05, 0) is 29.8 Å². The molecule has 0 aromatic heterocycles. The molecule has 2 rings (SSSR count). The molecule has 0 saturated heterocycles. The lowest BCUT2D eigenvalue weighted by molar-refractivity contribution is -0.117. The molecule has 0 heterocycles. The van der Waals surface area contributed by atoms with Gasteiger partial charge in [0.2, 0.25) is 11.8 Å². The topological polar surface area (TPSA) is 58.2 Å². The lowest BCUT2D eigenvalue weighted by Gasteiger charge is -2.12. The average molecular weight is 441 g/mol. The van der Waals surface area contributed by atoms with E-state index in [0.717, 1.165) is 4.47 Å². The molecule has 2 N–H and O–H groups in total. The second-order valence-electron chi connectivity index (χ2n) is 5.52. The average Bonchev–Trinajstić information content (AvgIpc) is 2.61. The summed E-state index contributed by atoms with van der Waals surface area (Å²) in [6.07, 6.45) is -4.23. The Morgan fingerprint density at radius 1 is 1.00 bits per heavy atom. The van der Waals surface area contributed by atoms with Crippen LogP contribution in [0.5, 0.6) is 0 Å². The fraction of sp³-hybridized carbons (Fsp3) is 0.158. The van der Waals surface area contributed by atoms with E-state index in [2.05, 4.69) is 26.6 Å². The van der Waals surface area contributed by atoms with Gasteiger partial charge in [-0.3, -0.25) is 9.59 Å². The zero-order valence-electron chi connectivity index (χ0n) is 14.0. The number of halogens is 4. The minimum atomic E-state index is -4.67. The summed E-state index contributed by atoms with van der Waals surface area (Å²) in [7, 11) is 0. The van der Waals surface area contributed by atoms with Crippen LogP contribution < -0.4 is 10.6 Å². The Bertz CT molecular complexity index is 819. The van der Waals surface area contributed by atoms with Gasteiger partial charge in [-0.25, -0.2) is 0 Å². The highest BCUT2D eigenvalue weighted by molar-refractivity contribution is 9.10. The van der Waals surface area contributed by atoms with E-state index in [0.29, 0.717) is 11.8 Å². The van der Waals surface area contributed by atoms with E-state index in [1.165, 1.54) is 24.3 Å². The quantitative estimate of drug-likeness (QED) is 0.647. The van der Waals surface area contributed by atoms with E-state index in [9.17, 15) is 22.8 Å². The minimum Gasteiger partial charge on any atom is -0.352 e. The molecular weight excluding hydrogens is 425 g/mol. The smallest absolute Gasteiger partial charge is 0.352 e. The maximum Gasteiger partial charge on any atom is 0.417 e. The molecule has 0 unspecified atom stereocenters. The van der Waals surface area contributed by atoms with Gasteiger partial charge in [-0.15, -0.1) is 0 Å². The Morgan fingerprint density at radius 3 is 2.22 bits per heavy atom. The van der Waals surface area contributed by atoms with Crippen LogP contribution in [0.2, 0.25) is 0 Å². The molecule has 2 amide bonds. The third kappa shape index (κ3) is 6.90. The SMILES string of the molecule is O=C(/C=C(\c1ccccc1)C(F)(F)F)NCCC(=O)Nc1ccc(Br)cc1. The fourth-order valence-corrected chi connectivity index (χ4v) is 2.45. The van der Waals surface area contributed by atoms with Crippen molar-refractivity contribution < 1.29 is 22.8 Å². The number of amides is 2. The van der Waals surface area contributed by atoms with E-state index in [1.54, 1.807) is 30.3 Å². The number of hydrogen-bond donors (Lipinski definition) is 2. The third-order valence-electron chi connectivity index (χ3n) is 3.44. The van der Waals surface area contributed by atoms with Gasteiger partial charge in [0.15, 0.2) is 0 Å². The van der Waals surface area contributed by atoms with Crippen molar-refractivity contribution in [2.45, 2.75) is 12.6 Å². The number of allylic oxidation sites excluding steroid dienone is 1. The van der Waals surface area contributed by atoms with Gasteiger partial charge in [-0.2, -0.15) is 13.2 Å². The normalized spacial score (nSPS) is 11.8. The summed E-state index contributed by atoms with van der Waals surface area (Å²) in [5.41, 5.74) is -0.564. The molecule has 0 atom stereocenters. The van der Waals surface area contributed by atoms with Gasteiger partial charge in [-0.1, -0.05) is 46.3 Å². The number of hydrogen-bond acceptors (Lipinski definition) is 2. The van der Waals surface area contributed by atoms with Crippen LogP contribution in [0, 0.1) is 0 Å². The monoisotopic (exact) mass is 440 g/mol. The highest BCUT2D eigenvalue weighted by atomic mass is 79.9. The van der Waals surface area contributed by atoms with Gasteiger partial charge in [0.05, 0.1) is 5.57 Å². The molecule has 2 aromatic carbocycles. The Labute approximate surface area is 162 Å². The summed E-state index contributed by atoms with van der Waals surface area (Å²) in [6.45, 7) is -0.0857. The molecule has 8 heteroatoms. The van der Waals surface area contributed by atoms with Crippen LogP contribution >= 0.6 is 15.9 Å². The van der Waals surface area contributed by atoms with E-state index in [-0.39, 0.29) is 24.4 Å². The molecule has 0 aliphatic carbocycles. The van der Waals surface area contributed by atoms with Crippen molar-refractivity contribution >= 4 is 39.0 Å². The van der Waals surface area contributed by atoms with Crippen molar-refractivity contribution in [1.82, 2.24) is 5.32 Å².